The lowest BCUT2D eigenvalue weighted by molar-refractivity contribution is -0.121. The summed E-state index contributed by atoms with van der Waals surface area (Å²) in [7, 11) is 0. The van der Waals surface area contributed by atoms with Crippen LogP contribution in [0.4, 0.5) is 0 Å². The Morgan fingerprint density at radius 3 is 2.33 bits per heavy atom. The van der Waals surface area contributed by atoms with Crippen LogP contribution in [0.2, 0.25) is 0 Å². The molecule has 0 fully saturated rings. The van der Waals surface area contributed by atoms with E-state index < -0.39 is 0 Å². The predicted molar refractivity (Wildman–Crippen MR) is 49.0 cm³/mol. The maximum Gasteiger partial charge on any atom is 0.235 e. The zero-order valence-electron chi connectivity index (χ0n) is 8.05. The molecule has 0 spiro atoms. The first kappa shape index (κ1) is 11.4. The van der Waals surface area contributed by atoms with Gasteiger partial charge >= 0.3 is 0 Å². The third kappa shape index (κ3) is 6.12. The number of hydrogen-bond acceptors (Lipinski definition) is 3. The molecule has 0 rings (SSSR count). The zero-order chi connectivity index (χ0) is 9.78. The van der Waals surface area contributed by atoms with Gasteiger partial charge in [-0.2, -0.15) is 0 Å². The average Bonchev–Trinajstić information content (AvgIpc) is 1.82. The van der Waals surface area contributed by atoms with Gasteiger partial charge in [-0.25, -0.2) is 5.84 Å². The van der Waals surface area contributed by atoms with Gasteiger partial charge in [0.15, 0.2) is 0 Å². The van der Waals surface area contributed by atoms with Crippen molar-refractivity contribution >= 4 is 5.91 Å². The van der Waals surface area contributed by atoms with E-state index in [-0.39, 0.29) is 17.4 Å². The Hall–Kier alpha value is -0.610. The number of carbonyl (C=O) groups excluding carboxylic acids is 1. The molecule has 0 saturated heterocycles. The SMILES string of the molecule is CC(C)(C)CC(N)CC(=O)NN. The van der Waals surface area contributed by atoms with Gasteiger partial charge in [-0.05, 0) is 11.8 Å². The van der Waals surface area contributed by atoms with Crippen molar-refractivity contribution in [1.82, 2.24) is 5.43 Å². The van der Waals surface area contributed by atoms with E-state index >= 15 is 0 Å². The lowest BCUT2D eigenvalue weighted by atomic mass is 9.87. The van der Waals surface area contributed by atoms with E-state index in [1.807, 2.05) is 0 Å². The molecule has 4 heteroatoms. The van der Waals surface area contributed by atoms with Crippen LogP contribution in [0.25, 0.3) is 0 Å². The number of rotatable bonds is 3. The maximum atomic E-state index is 10.8. The molecule has 0 heterocycles. The van der Waals surface area contributed by atoms with Gasteiger partial charge in [0.05, 0.1) is 0 Å². The minimum Gasteiger partial charge on any atom is -0.327 e. The number of carbonyl (C=O) groups is 1. The minimum atomic E-state index is -0.202. The van der Waals surface area contributed by atoms with Crippen molar-refractivity contribution in [3.8, 4) is 0 Å². The fourth-order valence-corrected chi connectivity index (χ4v) is 1.16. The molecule has 0 aliphatic carbocycles. The molecule has 72 valence electrons. The Morgan fingerprint density at radius 2 is 2.00 bits per heavy atom. The van der Waals surface area contributed by atoms with Crippen molar-refractivity contribution in [3.05, 3.63) is 0 Å². The summed E-state index contributed by atoms with van der Waals surface area (Å²) < 4.78 is 0. The van der Waals surface area contributed by atoms with Crippen LogP contribution >= 0.6 is 0 Å². The second kappa shape index (κ2) is 4.42. The lowest BCUT2D eigenvalue weighted by Crippen LogP contribution is -2.37. The summed E-state index contributed by atoms with van der Waals surface area (Å²) in [6, 6.07) is -0.103. The number of nitrogens with two attached hydrogens (primary N) is 2. The van der Waals surface area contributed by atoms with E-state index in [2.05, 4.69) is 26.2 Å². The predicted octanol–water partition coefficient (Wildman–Crippen LogP) is 0.130. The molecule has 0 aromatic carbocycles. The number of amides is 1. The Labute approximate surface area is 73.7 Å². The van der Waals surface area contributed by atoms with Gasteiger partial charge in [-0.15, -0.1) is 0 Å². The molecule has 0 aliphatic rings. The zero-order valence-corrected chi connectivity index (χ0v) is 8.05. The average molecular weight is 173 g/mol. The van der Waals surface area contributed by atoms with E-state index in [9.17, 15) is 4.79 Å². The van der Waals surface area contributed by atoms with Gasteiger partial charge in [-0.3, -0.25) is 10.2 Å². The van der Waals surface area contributed by atoms with E-state index in [1.54, 1.807) is 0 Å². The van der Waals surface area contributed by atoms with E-state index in [0.29, 0.717) is 6.42 Å². The highest BCUT2D eigenvalue weighted by atomic mass is 16.2. The summed E-state index contributed by atoms with van der Waals surface area (Å²) in [5.74, 6) is 4.73. The number of hydrogen-bond donors (Lipinski definition) is 3. The summed E-state index contributed by atoms with van der Waals surface area (Å²) in [6.07, 6.45) is 1.12. The molecule has 0 bridgehead atoms. The minimum absolute atomic E-state index is 0.103. The van der Waals surface area contributed by atoms with Crippen molar-refractivity contribution in [2.24, 2.45) is 17.0 Å². The van der Waals surface area contributed by atoms with Crippen molar-refractivity contribution in [1.29, 1.82) is 0 Å². The maximum absolute atomic E-state index is 10.8. The highest BCUT2D eigenvalue weighted by Crippen LogP contribution is 2.20. The first-order valence-electron chi connectivity index (χ1n) is 4.10. The van der Waals surface area contributed by atoms with Crippen molar-refractivity contribution in [2.45, 2.75) is 39.7 Å². The monoisotopic (exact) mass is 173 g/mol. The van der Waals surface area contributed by atoms with E-state index in [0.717, 1.165) is 6.42 Å². The van der Waals surface area contributed by atoms with Gasteiger partial charge < -0.3 is 5.73 Å². The van der Waals surface area contributed by atoms with Crippen molar-refractivity contribution in [3.63, 3.8) is 0 Å². The molecule has 0 aromatic rings. The third-order valence-electron chi connectivity index (χ3n) is 1.48. The second-order valence-corrected chi connectivity index (χ2v) is 4.30. The fraction of sp³-hybridized carbons (Fsp3) is 0.875. The number of nitrogens with one attached hydrogen (secondary N) is 1. The number of hydrazine groups is 1. The summed E-state index contributed by atoms with van der Waals surface area (Å²) in [5.41, 5.74) is 7.94. The molecular formula is C8H19N3O. The van der Waals surface area contributed by atoms with Crippen LogP contribution in [-0.4, -0.2) is 11.9 Å². The molecule has 1 atom stereocenters. The van der Waals surface area contributed by atoms with Crippen LogP contribution in [0, 0.1) is 5.41 Å². The largest absolute Gasteiger partial charge is 0.327 e. The molecule has 1 unspecified atom stereocenters. The standard InChI is InChI=1S/C8H19N3O/c1-8(2,3)5-6(9)4-7(12)11-10/h6H,4-5,9-10H2,1-3H3,(H,11,12). The quantitative estimate of drug-likeness (QED) is 0.322. The lowest BCUT2D eigenvalue weighted by Gasteiger charge is -2.22. The van der Waals surface area contributed by atoms with Gasteiger partial charge in [0.2, 0.25) is 5.91 Å². The van der Waals surface area contributed by atoms with Gasteiger partial charge in [0, 0.05) is 12.5 Å². The van der Waals surface area contributed by atoms with Crippen LogP contribution in [0.5, 0.6) is 0 Å². The third-order valence-corrected chi connectivity index (χ3v) is 1.48. The Morgan fingerprint density at radius 1 is 1.50 bits per heavy atom. The summed E-state index contributed by atoms with van der Waals surface area (Å²) >= 11 is 0. The van der Waals surface area contributed by atoms with E-state index in [4.69, 9.17) is 11.6 Å². The van der Waals surface area contributed by atoms with Crippen LogP contribution < -0.4 is 17.0 Å². The van der Waals surface area contributed by atoms with Crippen molar-refractivity contribution in [2.75, 3.05) is 0 Å². The Kier molecular flexibility index (Phi) is 4.20. The molecule has 5 N–H and O–H groups in total. The molecule has 4 nitrogen and oxygen atoms in total. The van der Waals surface area contributed by atoms with Crippen LogP contribution in [-0.2, 0) is 4.79 Å². The van der Waals surface area contributed by atoms with Gasteiger partial charge in [0.25, 0.3) is 0 Å². The molecule has 0 aliphatic heterocycles. The fourth-order valence-electron chi connectivity index (χ4n) is 1.16. The molecule has 0 radical (unpaired) electrons. The summed E-state index contributed by atoms with van der Waals surface area (Å²) in [4.78, 5) is 10.8. The van der Waals surface area contributed by atoms with Crippen LogP contribution in [0.15, 0.2) is 0 Å². The highest BCUT2D eigenvalue weighted by Gasteiger charge is 2.17. The molecular weight excluding hydrogens is 154 g/mol. The molecule has 12 heavy (non-hydrogen) atoms. The molecule has 0 aromatic heterocycles. The smallest absolute Gasteiger partial charge is 0.235 e. The van der Waals surface area contributed by atoms with Crippen LogP contribution in [0.3, 0.4) is 0 Å². The Balaban J connectivity index is 3.74. The second-order valence-electron chi connectivity index (χ2n) is 4.30. The van der Waals surface area contributed by atoms with E-state index in [1.165, 1.54) is 0 Å². The normalized spacial score (nSPS) is 14.1. The first-order valence-corrected chi connectivity index (χ1v) is 4.10. The molecule has 1 amide bonds. The molecule has 0 saturated carbocycles. The highest BCUT2D eigenvalue weighted by molar-refractivity contribution is 5.75. The topological polar surface area (TPSA) is 81.1 Å². The van der Waals surface area contributed by atoms with Crippen LogP contribution in [0.1, 0.15) is 33.6 Å². The summed E-state index contributed by atoms with van der Waals surface area (Å²) in [6.45, 7) is 6.27. The van der Waals surface area contributed by atoms with Crippen molar-refractivity contribution < 1.29 is 4.79 Å². The summed E-state index contributed by atoms with van der Waals surface area (Å²) in [5, 5.41) is 0. The van der Waals surface area contributed by atoms with Gasteiger partial charge in [0.1, 0.15) is 0 Å². The Bertz CT molecular complexity index is 151. The first-order chi connectivity index (χ1) is 5.35. The van der Waals surface area contributed by atoms with Gasteiger partial charge in [-0.1, -0.05) is 20.8 Å².